The SMILES string of the molecule is CC(C)Oc1ccccc1NC(=O)c1ccc(N)c(F)c1. The molecule has 0 radical (unpaired) electrons. The maximum atomic E-state index is 13.4. The number of halogens is 1. The van der Waals surface area contributed by atoms with Crippen molar-refractivity contribution in [3.8, 4) is 5.75 Å². The number of ether oxygens (including phenoxy) is 1. The van der Waals surface area contributed by atoms with Crippen LogP contribution in [0.5, 0.6) is 5.75 Å². The Balaban J connectivity index is 2.21. The molecule has 0 atom stereocenters. The number of nitrogens with two attached hydrogens (primary N) is 1. The third-order valence-electron chi connectivity index (χ3n) is 2.76. The van der Waals surface area contributed by atoms with E-state index in [0.29, 0.717) is 11.4 Å². The molecule has 2 aromatic carbocycles. The van der Waals surface area contributed by atoms with Crippen LogP contribution in [0.1, 0.15) is 24.2 Å². The second-order valence-corrected chi connectivity index (χ2v) is 4.85. The van der Waals surface area contributed by atoms with Crippen molar-refractivity contribution < 1.29 is 13.9 Å². The molecule has 0 bridgehead atoms. The van der Waals surface area contributed by atoms with Gasteiger partial charge in [-0.3, -0.25) is 4.79 Å². The van der Waals surface area contributed by atoms with Crippen molar-refractivity contribution in [1.82, 2.24) is 0 Å². The van der Waals surface area contributed by atoms with E-state index in [1.54, 1.807) is 18.2 Å². The van der Waals surface area contributed by atoms with Crippen LogP contribution in [0, 0.1) is 5.82 Å². The number of nitrogens with one attached hydrogen (secondary N) is 1. The zero-order chi connectivity index (χ0) is 15.4. The molecule has 0 aromatic heterocycles. The van der Waals surface area contributed by atoms with Gasteiger partial charge in [-0.05, 0) is 44.2 Å². The fourth-order valence-electron chi connectivity index (χ4n) is 1.79. The van der Waals surface area contributed by atoms with Gasteiger partial charge in [-0.1, -0.05) is 12.1 Å². The smallest absolute Gasteiger partial charge is 0.255 e. The van der Waals surface area contributed by atoms with Gasteiger partial charge in [0.1, 0.15) is 11.6 Å². The summed E-state index contributed by atoms with van der Waals surface area (Å²) in [5, 5.41) is 2.71. The second-order valence-electron chi connectivity index (χ2n) is 4.85. The van der Waals surface area contributed by atoms with Gasteiger partial charge in [-0.2, -0.15) is 0 Å². The van der Waals surface area contributed by atoms with Crippen LogP contribution in [-0.2, 0) is 0 Å². The maximum Gasteiger partial charge on any atom is 0.255 e. The maximum absolute atomic E-state index is 13.4. The van der Waals surface area contributed by atoms with Gasteiger partial charge in [0.05, 0.1) is 17.5 Å². The van der Waals surface area contributed by atoms with E-state index in [1.165, 1.54) is 12.1 Å². The van der Waals surface area contributed by atoms with E-state index in [-0.39, 0.29) is 17.4 Å². The lowest BCUT2D eigenvalue weighted by Gasteiger charge is -2.14. The zero-order valence-electron chi connectivity index (χ0n) is 11.9. The molecule has 0 unspecified atom stereocenters. The highest BCUT2D eigenvalue weighted by Gasteiger charge is 2.12. The number of hydrogen-bond donors (Lipinski definition) is 2. The Bertz CT molecular complexity index is 656. The average Bonchev–Trinajstić information content (AvgIpc) is 2.43. The molecule has 1 amide bonds. The molecule has 0 aliphatic heterocycles. The Morgan fingerprint density at radius 3 is 2.62 bits per heavy atom. The third-order valence-corrected chi connectivity index (χ3v) is 2.76. The van der Waals surface area contributed by atoms with Gasteiger partial charge in [0.25, 0.3) is 5.91 Å². The first-order valence-corrected chi connectivity index (χ1v) is 6.59. The molecular formula is C16H17FN2O2. The number of para-hydroxylation sites is 2. The molecule has 0 saturated heterocycles. The number of nitrogen functional groups attached to an aromatic ring is 1. The van der Waals surface area contributed by atoms with Gasteiger partial charge in [-0.25, -0.2) is 4.39 Å². The molecule has 0 saturated carbocycles. The standard InChI is InChI=1S/C16H17FN2O2/c1-10(2)21-15-6-4-3-5-14(15)19-16(20)11-7-8-13(18)12(17)9-11/h3-10H,18H2,1-2H3,(H,19,20). The van der Waals surface area contributed by atoms with Gasteiger partial charge in [0, 0.05) is 5.56 Å². The van der Waals surface area contributed by atoms with Gasteiger partial charge in [0.15, 0.2) is 0 Å². The minimum atomic E-state index is -0.616. The normalized spacial score (nSPS) is 10.5. The number of rotatable bonds is 4. The summed E-state index contributed by atoms with van der Waals surface area (Å²) in [5.74, 6) is -0.472. The van der Waals surface area contributed by atoms with E-state index in [4.69, 9.17) is 10.5 Å². The first kappa shape index (κ1) is 14.8. The Morgan fingerprint density at radius 2 is 1.95 bits per heavy atom. The van der Waals surface area contributed by atoms with Crippen molar-refractivity contribution in [2.24, 2.45) is 0 Å². The van der Waals surface area contributed by atoms with Crippen LogP contribution in [0.2, 0.25) is 0 Å². The minimum Gasteiger partial charge on any atom is -0.489 e. The monoisotopic (exact) mass is 288 g/mol. The quantitative estimate of drug-likeness (QED) is 0.847. The number of amides is 1. The molecule has 5 heteroatoms. The molecule has 0 aliphatic rings. The van der Waals surface area contributed by atoms with Crippen LogP contribution in [0.4, 0.5) is 15.8 Å². The summed E-state index contributed by atoms with van der Waals surface area (Å²) >= 11 is 0. The Hall–Kier alpha value is -2.56. The summed E-state index contributed by atoms with van der Waals surface area (Å²) in [6.07, 6.45) is -0.0166. The molecule has 0 fully saturated rings. The minimum absolute atomic E-state index is 0.00934. The molecule has 0 heterocycles. The van der Waals surface area contributed by atoms with Crippen molar-refractivity contribution in [3.63, 3.8) is 0 Å². The fraction of sp³-hybridized carbons (Fsp3) is 0.188. The molecule has 21 heavy (non-hydrogen) atoms. The Morgan fingerprint density at radius 1 is 1.24 bits per heavy atom. The van der Waals surface area contributed by atoms with E-state index in [1.807, 2.05) is 19.9 Å². The van der Waals surface area contributed by atoms with E-state index in [9.17, 15) is 9.18 Å². The van der Waals surface area contributed by atoms with E-state index >= 15 is 0 Å². The second kappa shape index (κ2) is 6.26. The lowest BCUT2D eigenvalue weighted by molar-refractivity contribution is 0.102. The van der Waals surface area contributed by atoms with Crippen LogP contribution in [-0.4, -0.2) is 12.0 Å². The Kier molecular flexibility index (Phi) is 4.42. The fourth-order valence-corrected chi connectivity index (χ4v) is 1.79. The van der Waals surface area contributed by atoms with E-state index < -0.39 is 11.7 Å². The van der Waals surface area contributed by atoms with Crippen molar-refractivity contribution in [1.29, 1.82) is 0 Å². The lowest BCUT2D eigenvalue weighted by Crippen LogP contribution is -2.14. The summed E-state index contributed by atoms with van der Waals surface area (Å²) < 4.78 is 19.0. The molecule has 2 rings (SSSR count). The molecule has 0 spiro atoms. The van der Waals surface area contributed by atoms with Gasteiger partial charge in [-0.15, -0.1) is 0 Å². The van der Waals surface area contributed by atoms with E-state index in [0.717, 1.165) is 6.07 Å². The predicted octanol–water partition coefficient (Wildman–Crippen LogP) is 3.45. The predicted molar refractivity (Wildman–Crippen MR) is 81.0 cm³/mol. The van der Waals surface area contributed by atoms with E-state index in [2.05, 4.69) is 5.32 Å². The molecule has 4 nitrogen and oxygen atoms in total. The molecule has 0 aliphatic carbocycles. The summed E-state index contributed by atoms with van der Waals surface area (Å²) in [6, 6.07) is 11.0. The summed E-state index contributed by atoms with van der Waals surface area (Å²) in [7, 11) is 0. The number of carbonyl (C=O) groups is 1. The van der Waals surface area contributed by atoms with Crippen LogP contribution in [0.15, 0.2) is 42.5 Å². The Labute approximate surface area is 122 Å². The first-order valence-electron chi connectivity index (χ1n) is 6.59. The van der Waals surface area contributed by atoms with Crippen LogP contribution in [0.25, 0.3) is 0 Å². The number of anilines is 2. The molecule has 2 aromatic rings. The van der Waals surface area contributed by atoms with Crippen LogP contribution in [0.3, 0.4) is 0 Å². The van der Waals surface area contributed by atoms with Crippen molar-refractivity contribution in [2.45, 2.75) is 20.0 Å². The van der Waals surface area contributed by atoms with Gasteiger partial charge >= 0.3 is 0 Å². The molecule has 110 valence electrons. The average molecular weight is 288 g/mol. The molecular weight excluding hydrogens is 271 g/mol. The van der Waals surface area contributed by atoms with Gasteiger partial charge in [0.2, 0.25) is 0 Å². The summed E-state index contributed by atoms with van der Waals surface area (Å²) in [4.78, 5) is 12.1. The zero-order valence-corrected chi connectivity index (χ0v) is 11.9. The highest BCUT2D eigenvalue weighted by atomic mass is 19.1. The lowest BCUT2D eigenvalue weighted by atomic mass is 10.1. The van der Waals surface area contributed by atoms with Crippen LogP contribution < -0.4 is 15.8 Å². The summed E-state index contributed by atoms with van der Waals surface area (Å²) in [6.45, 7) is 3.79. The molecule has 3 N–H and O–H groups in total. The largest absolute Gasteiger partial charge is 0.489 e. The third kappa shape index (κ3) is 3.72. The topological polar surface area (TPSA) is 64.3 Å². The van der Waals surface area contributed by atoms with Crippen LogP contribution >= 0.6 is 0 Å². The highest BCUT2D eigenvalue weighted by molar-refractivity contribution is 6.05. The number of hydrogen-bond acceptors (Lipinski definition) is 3. The van der Waals surface area contributed by atoms with Crippen molar-refractivity contribution in [3.05, 3.63) is 53.8 Å². The number of benzene rings is 2. The first-order chi connectivity index (χ1) is 9.97. The van der Waals surface area contributed by atoms with Gasteiger partial charge < -0.3 is 15.8 Å². The number of carbonyl (C=O) groups excluding carboxylic acids is 1. The van der Waals surface area contributed by atoms with Crippen molar-refractivity contribution in [2.75, 3.05) is 11.1 Å². The summed E-state index contributed by atoms with van der Waals surface area (Å²) in [5.41, 5.74) is 6.13. The van der Waals surface area contributed by atoms with Crippen molar-refractivity contribution >= 4 is 17.3 Å². The highest BCUT2D eigenvalue weighted by Crippen LogP contribution is 2.25.